The van der Waals surface area contributed by atoms with E-state index >= 15 is 0 Å². The van der Waals surface area contributed by atoms with Crippen molar-refractivity contribution < 1.29 is 38.5 Å². The summed E-state index contributed by atoms with van der Waals surface area (Å²) >= 11 is 0. The second-order valence-corrected chi connectivity index (χ2v) is 8.67. The average Bonchev–Trinajstić information content (AvgIpc) is 2.84. The van der Waals surface area contributed by atoms with Gasteiger partial charge in [0.25, 0.3) is 0 Å². The maximum Gasteiger partial charge on any atom is 0.333 e. The minimum absolute atomic E-state index is 0.138. The zero-order chi connectivity index (χ0) is 23.0. The number of aliphatic carboxylic acids is 1. The van der Waals surface area contributed by atoms with Crippen LogP contribution >= 0.6 is 0 Å². The molecule has 0 amide bonds. The van der Waals surface area contributed by atoms with E-state index in [9.17, 15) is 19.2 Å². The molecule has 2 bridgehead atoms. The smallest absolute Gasteiger partial charge is 0.333 e. The van der Waals surface area contributed by atoms with Gasteiger partial charge in [-0.1, -0.05) is 18.2 Å². The molecule has 168 valence electrons. The van der Waals surface area contributed by atoms with Crippen molar-refractivity contribution in [1.82, 2.24) is 0 Å². The quantitative estimate of drug-likeness (QED) is 0.305. The SMILES string of the molecule is COC(=O)C1=CC[C@]23CC[C@H](C2(OC(C)=O)CC1)[C@@](C)(/C=C/C=C(/C)C(=O)O)OC3=O. The third-order valence-corrected chi connectivity index (χ3v) is 6.97. The van der Waals surface area contributed by atoms with Crippen LogP contribution in [0, 0.1) is 11.3 Å². The Balaban J connectivity index is 2.07. The number of cyclic esters (lactones) is 1. The normalized spacial score (nSPS) is 35.0. The van der Waals surface area contributed by atoms with Crippen LogP contribution in [0.4, 0.5) is 0 Å². The topological polar surface area (TPSA) is 116 Å². The number of carbonyl (C=O) groups excluding carboxylic acids is 3. The average molecular weight is 432 g/mol. The van der Waals surface area contributed by atoms with E-state index in [1.54, 1.807) is 25.2 Å². The highest BCUT2D eigenvalue weighted by atomic mass is 16.6. The minimum Gasteiger partial charge on any atom is -0.478 e. The molecule has 4 atom stereocenters. The van der Waals surface area contributed by atoms with Crippen molar-refractivity contribution in [3.8, 4) is 0 Å². The number of carbonyl (C=O) groups is 4. The highest BCUT2D eigenvalue weighted by Crippen LogP contribution is 2.65. The summed E-state index contributed by atoms with van der Waals surface area (Å²) in [7, 11) is 1.30. The molecule has 1 N–H and O–H groups in total. The van der Waals surface area contributed by atoms with E-state index in [1.807, 2.05) is 0 Å². The first-order chi connectivity index (χ1) is 14.5. The number of hydrogen-bond acceptors (Lipinski definition) is 7. The van der Waals surface area contributed by atoms with Crippen LogP contribution in [0.1, 0.15) is 52.9 Å². The third kappa shape index (κ3) is 3.58. The first kappa shape index (κ1) is 22.8. The summed E-state index contributed by atoms with van der Waals surface area (Å²) in [5.41, 5.74) is -2.71. The van der Waals surface area contributed by atoms with Gasteiger partial charge in [0.1, 0.15) is 16.6 Å². The van der Waals surface area contributed by atoms with E-state index in [0.717, 1.165) is 0 Å². The van der Waals surface area contributed by atoms with Crippen molar-refractivity contribution in [3.05, 3.63) is 35.5 Å². The summed E-state index contributed by atoms with van der Waals surface area (Å²) in [4.78, 5) is 48.8. The molecule has 2 aliphatic carbocycles. The number of allylic oxidation sites excluding steroid dienone is 3. The molecule has 1 aliphatic heterocycles. The molecular weight excluding hydrogens is 404 g/mol. The van der Waals surface area contributed by atoms with Crippen LogP contribution in [0.25, 0.3) is 0 Å². The molecule has 1 unspecified atom stereocenters. The molecule has 1 saturated heterocycles. The maximum atomic E-state index is 13.4. The van der Waals surface area contributed by atoms with Crippen LogP contribution in [0.5, 0.6) is 0 Å². The van der Waals surface area contributed by atoms with Gasteiger partial charge in [-0.05, 0) is 52.0 Å². The van der Waals surface area contributed by atoms with Crippen molar-refractivity contribution in [3.63, 3.8) is 0 Å². The fourth-order valence-corrected chi connectivity index (χ4v) is 5.45. The number of carboxylic acids is 1. The standard InChI is InChI=1S/C23H28O8/c1-14(18(25)26)6-5-10-21(3)17-9-12-22(20(28)31-21)11-7-16(19(27)29-4)8-13-23(17,22)30-15(2)24/h5-7,10,17H,8-9,11-13H2,1-4H3,(H,25,26)/b10-5+,14-6-/t17-,21+,22+,23?/m0/s1. The van der Waals surface area contributed by atoms with Gasteiger partial charge in [0.15, 0.2) is 0 Å². The maximum absolute atomic E-state index is 13.4. The Morgan fingerprint density at radius 2 is 1.97 bits per heavy atom. The molecule has 0 aromatic rings. The molecule has 1 saturated carbocycles. The van der Waals surface area contributed by atoms with Crippen LogP contribution in [0.2, 0.25) is 0 Å². The van der Waals surface area contributed by atoms with Gasteiger partial charge in [0.05, 0.1) is 7.11 Å². The number of ether oxygens (including phenoxy) is 3. The zero-order valence-corrected chi connectivity index (χ0v) is 18.2. The fourth-order valence-electron chi connectivity index (χ4n) is 5.45. The summed E-state index contributed by atoms with van der Waals surface area (Å²) in [6, 6.07) is 0. The van der Waals surface area contributed by atoms with E-state index in [2.05, 4.69) is 0 Å². The van der Waals surface area contributed by atoms with Crippen molar-refractivity contribution in [1.29, 1.82) is 0 Å². The highest BCUT2D eigenvalue weighted by molar-refractivity contribution is 5.89. The molecular formula is C23H28O8. The van der Waals surface area contributed by atoms with Gasteiger partial charge in [-0.2, -0.15) is 0 Å². The largest absolute Gasteiger partial charge is 0.478 e. The number of methoxy groups -OCH3 is 1. The Hall–Kier alpha value is -2.90. The van der Waals surface area contributed by atoms with Crippen molar-refractivity contribution >= 4 is 23.9 Å². The molecule has 0 radical (unpaired) electrons. The fraction of sp³-hybridized carbons (Fsp3) is 0.565. The molecule has 0 aromatic heterocycles. The van der Waals surface area contributed by atoms with Crippen LogP contribution < -0.4 is 0 Å². The Kier molecular flexibility index (Phi) is 5.86. The van der Waals surface area contributed by atoms with Crippen molar-refractivity contribution in [2.24, 2.45) is 11.3 Å². The summed E-state index contributed by atoms with van der Waals surface area (Å²) < 4.78 is 16.7. The van der Waals surface area contributed by atoms with E-state index in [-0.39, 0.29) is 17.9 Å². The number of esters is 3. The lowest BCUT2D eigenvalue weighted by molar-refractivity contribution is -0.235. The lowest BCUT2D eigenvalue weighted by Gasteiger charge is -2.54. The summed E-state index contributed by atoms with van der Waals surface area (Å²) in [5.74, 6) is -2.83. The van der Waals surface area contributed by atoms with Gasteiger partial charge in [0.2, 0.25) is 0 Å². The molecule has 0 spiro atoms. The van der Waals surface area contributed by atoms with E-state index in [1.165, 1.54) is 27.0 Å². The highest BCUT2D eigenvalue weighted by Gasteiger charge is 2.74. The Morgan fingerprint density at radius 3 is 2.58 bits per heavy atom. The van der Waals surface area contributed by atoms with Crippen LogP contribution in [-0.4, -0.2) is 47.3 Å². The zero-order valence-electron chi connectivity index (χ0n) is 18.2. The summed E-state index contributed by atoms with van der Waals surface area (Å²) in [6.07, 6.45) is 8.21. The van der Waals surface area contributed by atoms with Gasteiger partial charge in [-0.3, -0.25) is 9.59 Å². The Bertz CT molecular complexity index is 913. The predicted octanol–water partition coefficient (Wildman–Crippen LogP) is 2.87. The van der Waals surface area contributed by atoms with Crippen LogP contribution in [0.15, 0.2) is 35.5 Å². The van der Waals surface area contributed by atoms with Gasteiger partial charge in [-0.15, -0.1) is 0 Å². The van der Waals surface area contributed by atoms with Crippen molar-refractivity contribution in [2.75, 3.05) is 7.11 Å². The first-order valence-corrected chi connectivity index (χ1v) is 10.3. The van der Waals surface area contributed by atoms with Crippen LogP contribution in [-0.2, 0) is 33.4 Å². The van der Waals surface area contributed by atoms with Crippen molar-refractivity contribution in [2.45, 2.75) is 64.1 Å². The molecule has 8 nitrogen and oxygen atoms in total. The molecule has 3 rings (SSSR count). The monoisotopic (exact) mass is 432 g/mol. The Labute approximate surface area is 180 Å². The Morgan fingerprint density at radius 1 is 1.26 bits per heavy atom. The number of rotatable bonds is 5. The molecule has 0 aromatic carbocycles. The van der Waals surface area contributed by atoms with Gasteiger partial charge >= 0.3 is 23.9 Å². The van der Waals surface area contributed by atoms with Crippen LogP contribution in [0.3, 0.4) is 0 Å². The van der Waals surface area contributed by atoms with E-state index < -0.39 is 40.5 Å². The predicted molar refractivity (Wildman–Crippen MR) is 109 cm³/mol. The van der Waals surface area contributed by atoms with Gasteiger partial charge in [0, 0.05) is 24.0 Å². The van der Waals surface area contributed by atoms with Gasteiger partial charge < -0.3 is 19.3 Å². The molecule has 1 heterocycles. The minimum atomic E-state index is -1.13. The number of hydrogen-bond donors (Lipinski definition) is 1. The second kappa shape index (κ2) is 7.98. The van der Waals surface area contributed by atoms with E-state index in [4.69, 9.17) is 19.3 Å². The molecule has 3 aliphatic rings. The first-order valence-electron chi connectivity index (χ1n) is 10.3. The second-order valence-electron chi connectivity index (χ2n) is 8.67. The molecule has 2 fully saturated rings. The van der Waals surface area contributed by atoms with Gasteiger partial charge in [-0.25, -0.2) is 9.59 Å². The third-order valence-electron chi connectivity index (χ3n) is 6.97. The number of carboxylic acid groups (broad SMARTS) is 1. The molecule has 31 heavy (non-hydrogen) atoms. The molecule has 8 heteroatoms. The van der Waals surface area contributed by atoms with E-state index in [0.29, 0.717) is 31.3 Å². The summed E-state index contributed by atoms with van der Waals surface area (Å²) in [5, 5.41) is 9.06. The lowest BCUT2D eigenvalue weighted by atomic mass is 9.62. The lowest BCUT2D eigenvalue weighted by Crippen LogP contribution is -2.65. The summed E-state index contributed by atoms with van der Waals surface area (Å²) in [6.45, 7) is 4.53.